The summed E-state index contributed by atoms with van der Waals surface area (Å²) in [6, 6.07) is 20.0. The molecule has 3 aromatic rings. The molecule has 0 spiro atoms. The number of sulfone groups is 1. The van der Waals surface area contributed by atoms with E-state index < -0.39 is 15.7 Å². The monoisotopic (exact) mass is 466 g/mol. The van der Waals surface area contributed by atoms with Crippen LogP contribution in [-0.2, 0) is 15.6 Å². The van der Waals surface area contributed by atoms with Crippen molar-refractivity contribution in [2.24, 2.45) is 5.92 Å². The molecule has 2 heterocycles. The SMILES string of the molecule is CC1CCN(C(CNC(=O)c2occc2CS(=O)(=O)c2ccccc2)c2ccccc2)CC1. The Kier molecular flexibility index (Phi) is 7.30. The summed E-state index contributed by atoms with van der Waals surface area (Å²) in [4.78, 5) is 15.6. The first-order chi connectivity index (χ1) is 15.9. The van der Waals surface area contributed by atoms with Crippen molar-refractivity contribution in [1.29, 1.82) is 0 Å². The summed E-state index contributed by atoms with van der Waals surface area (Å²) in [5, 5.41) is 2.99. The number of hydrogen-bond donors (Lipinski definition) is 1. The van der Waals surface area contributed by atoms with Crippen LogP contribution in [0.2, 0.25) is 0 Å². The van der Waals surface area contributed by atoms with E-state index in [1.54, 1.807) is 36.4 Å². The predicted molar refractivity (Wildman–Crippen MR) is 128 cm³/mol. The molecule has 174 valence electrons. The van der Waals surface area contributed by atoms with E-state index in [0.29, 0.717) is 18.0 Å². The first kappa shape index (κ1) is 23.3. The predicted octanol–water partition coefficient (Wildman–Crippen LogP) is 4.46. The topological polar surface area (TPSA) is 79.6 Å². The van der Waals surface area contributed by atoms with Crippen LogP contribution in [0.5, 0.6) is 0 Å². The van der Waals surface area contributed by atoms with E-state index in [1.807, 2.05) is 18.2 Å². The largest absolute Gasteiger partial charge is 0.459 e. The van der Waals surface area contributed by atoms with Crippen molar-refractivity contribution in [3.8, 4) is 0 Å². The second-order valence-electron chi connectivity index (χ2n) is 8.70. The van der Waals surface area contributed by atoms with Crippen LogP contribution in [0.4, 0.5) is 0 Å². The Morgan fingerprint density at radius 3 is 2.33 bits per heavy atom. The van der Waals surface area contributed by atoms with Crippen LogP contribution in [-0.4, -0.2) is 38.9 Å². The molecule has 1 aromatic heterocycles. The summed E-state index contributed by atoms with van der Waals surface area (Å²) in [6.07, 6.45) is 3.64. The molecule has 1 saturated heterocycles. The van der Waals surface area contributed by atoms with E-state index in [-0.39, 0.29) is 22.5 Å². The van der Waals surface area contributed by atoms with Crippen molar-refractivity contribution in [2.75, 3.05) is 19.6 Å². The van der Waals surface area contributed by atoms with Crippen LogP contribution in [0.15, 0.2) is 82.3 Å². The van der Waals surface area contributed by atoms with Gasteiger partial charge in [0.1, 0.15) is 0 Å². The molecule has 33 heavy (non-hydrogen) atoms. The first-order valence-electron chi connectivity index (χ1n) is 11.4. The molecule has 1 aliphatic heterocycles. The maximum absolute atomic E-state index is 13.0. The molecule has 7 heteroatoms. The zero-order valence-electron chi connectivity index (χ0n) is 18.8. The van der Waals surface area contributed by atoms with Crippen molar-refractivity contribution in [3.05, 3.63) is 89.9 Å². The standard InChI is InChI=1S/C26H30N2O4S/c1-20-12-15-28(16-13-20)24(21-8-4-2-5-9-21)18-27-26(29)25-22(14-17-32-25)19-33(30,31)23-10-6-3-7-11-23/h2-11,14,17,20,24H,12-13,15-16,18-19H2,1H3,(H,27,29). The van der Waals surface area contributed by atoms with E-state index in [0.717, 1.165) is 31.5 Å². The molecule has 1 aliphatic rings. The number of nitrogens with zero attached hydrogens (tertiary/aromatic N) is 1. The average Bonchev–Trinajstić information content (AvgIpc) is 3.29. The Hall–Kier alpha value is -2.90. The third-order valence-electron chi connectivity index (χ3n) is 6.30. The summed E-state index contributed by atoms with van der Waals surface area (Å²) in [6.45, 7) is 4.66. The number of furan rings is 1. The number of carbonyl (C=O) groups excluding carboxylic acids is 1. The summed E-state index contributed by atoms with van der Waals surface area (Å²) in [5.41, 5.74) is 1.51. The number of likely N-dealkylation sites (tertiary alicyclic amines) is 1. The lowest BCUT2D eigenvalue weighted by Crippen LogP contribution is -2.42. The number of hydrogen-bond acceptors (Lipinski definition) is 5. The second kappa shape index (κ2) is 10.4. The molecule has 1 N–H and O–H groups in total. The number of benzene rings is 2. The summed E-state index contributed by atoms with van der Waals surface area (Å²) in [7, 11) is -3.58. The van der Waals surface area contributed by atoms with E-state index >= 15 is 0 Å². The van der Waals surface area contributed by atoms with Crippen LogP contribution in [0.25, 0.3) is 0 Å². The number of amides is 1. The third-order valence-corrected chi connectivity index (χ3v) is 7.98. The maximum atomic E-state index is 13.0. The molecule has 1 atom stereocenters. The third kappa shape index (κ3) is 5.72. The fraction of sp³-hybridized carbons (Fsp3) is 0.346. The van der Waals surface area contributed by atoms with Gasteiger partial charge in [-0.3, -0.25) is 9.69 Å². The summed E-state index contributed by atoms with van der Waals surface area (Å²) < 4.78 is 31.0. The van der Waals surface area contributed by atoms with Gasteiger partial charge in [0, 0.05) is 12.1 Å². The second-order valence-corrected chi connectivity index (χ2v) is 10.7. The Morgan fingerprint density at radius 2 is 1.67 bits per heavy atom. The van der Waals surface area contributed by atoms with Gasteiger partial charge < -0.3 is 9.73 Å². The Bertz CT molecular complexity index is 1150. The highest BCUT2D eigenvalue weighted by molar-refractivity contribution is 7.90. The molecule has 0 bridgehead atoms. The zero-order chi connectivity index (χ0) is 23.3. The molecule has 6 nitrogen and oxygen atoms in total. The zero-order valence-corrected chi connectivity index (χ0v) is 19.6. The maximum Gasteiger partial charge on any atom is 0.287 e. The number of piperidine rings is 1. The van der Waals surface area contributed by atoms with Crippen LogP contribution >= 0.6 is 0 Å². The van der Waals surface area contributed by atoms with Gasteiger partial charge in [-0.2, -0.15) is 0 Å². The Balaban J connectivity index is 1.47. The fourth-order valence-electron chi connectivity index (χ4n) is 4.31. The van der Waals surface area contributed by atoms with Crippen molar-refractivity contribution < 1.29 is 17.6 Å². The molecule has 2 aromatic carbocycles. The average molecular weight is 467 g/mol. The lowest BCUT2D eigenvalue weighted by atomic mass is 9.95. The summed E-state index contributed by atoms with van der Waals surface area (Å²) >= 11 is 0. The molecular weight excluding hydrogens is 436 g/mol. The van der Waals surface area contributed by atoms with Gasteiger partial charge in [0.2, 0.25) is 0 Å². The molecule has 1 fully saturated rings. The van der Waals surface area contributed by atoms with Crippen molar-refractivity contribution in [1.82, 2.24) is 10.2 Å². The Labute approximate surface area is 195 Å². The minimum atomic E-state index is -3.58. The first-order valence-corrected chi connectivity index (χ1v) is 13.0. The van der Waals surface area contributed by atoms with Gasteiger partial charge in [0.25, 0.3) is 5.91 Å². The molecular formula is C26H30N2O4S. The number of carbonyl (C=O) groups is 1. The minimum absolute atomic E-state index is 0.0496. The van der Waals surface area contributed by atoms with Gasteiger partial charge in [-0.15, -0.1) is 0 Å². The molecule has 1 amide bonds. The van der Waals surface area contributed by atoms with Crippen molar-refractivity contribution in [3.63, 3.8) is 0 Å². The van der Waals surface area contributed by atoms with E-state index in [4.69, 9.17) is 4.42 Å². The van der Waals surface area contributed by atoms with Crippen molar-refractivity contribution in [2.45, 2.75) is 36.5 Å². The highest BCUT2D eigenvalue weighted by atomic mass is 32.2. The van der Waals surface area contributed by atoms with Gasteiger partial charge in [0.15, 0.2) is 15.6 Å². The quantitative estimate of drug-likeness (QED) is 0.530. The van der Waals surface area contributed by atoms with Gasteiger partial charge in [0.05, 0.1) is 23.0 Å². The van der Waals surface area contributed by atoms with Gasteiger partial charge in [-0.05, 0) is 55.6 Å². The fourth-order valence-corrected chi connectivity index (χ4v) is 5.68. The minimum Gasteiger partial charge on any atom is -0.459 e. The van der Waals surface area contributed by atoms with Crippen LogP contribution in [0, 0.1) is 5.92 Å². The summed E-state index contributed by atoms with van der Waals surface area (Å²) in [5.74, 6) is 0.0743. The van der Waals surface area contributed by atoms with Gasteiger partial charge >= 0.3 is 0 Å². The highest BCUT2D eigenvalue weighted by Crippen LogP contribution is 2.27. The molecule has 0 radical (unpaired) electrons. The lowest BCUT2D eigenvalue weighted by Gasteiger charge is -2.37. The van der Waals surface area contributed by atoms with E-state index in [2.05, 4.69) is 29.3 Å². The van der Waals surface area contributed by atoms with Gasteiger partial charge in [-0.25, -0.2) is 8.42 Å². The van der Waals surface area contributed by atoms with Crippen LogP contribution < -0.4 is 5.32 Å². The lowest BCUT2D eigenvalue weighted by molar-refractivity contribution is 0.0885. The molecule has 1 unspecified atom stereocenters. The molecule has 0 saturated carbocycles. The van der Waals surface area contributed by atoms with Crippen LogP contribution in [0.3, 0.4) is 0 Å². The van der Waals surface area contributed by atoms with Gasteiger partial charge in [-0.1, -0.05) is 55.5 Å². The van der Waals surface area contributed by atoms with Crippen molar-refractivity contribution >= 4 is 15.7 Å². The molecule has 4 rings (SSSR count). The molecule has 0 aliphatic carbocycles. The van der Waals surface area contributed by atoms with E-state index in [1.165, 1.54) is 6.26 Å². The van der Waals surface area contributed by atoms with E-state index in [9.17, 15) is 13.2 Å². The highest BCUT2D eigenvalue weighted by Gasteiger charge is 2.27. The normalized spacial score (nSPS) is 16.4. The van der Waals surface area contributed by atoms with Crippen LogP contribution in [0.1, 0.15) is 47.5 Å². The number of nitrogens with one attached hydrogen (secondary N) is 1. The smallest absolute Gasteiger partial charge is 0.287 e. The number of rotatable bonds is 8. The Morgan fingerprint density at radius 1 is 1.03 bits per heavy atom.